The molecule has 0 spiro atoms. The van der Waals surface area contributed by atoms with E-state index >= 15 is 0 Å². The summed E-state index contributed by atoms with van der Waals surface area (Å²) in [7, 11) is 0. The molecule has 2 heterocycles. The lowest BCUT2D eigenvalue weighted by Crippen LogP contribution is -2.23. The Hall–Kier alpha value is -2.89. The van der Waals surface area contributed by atoms with Gasteiger partial charge in [0.2, 0.25) is 0 Å². The minimum absolute atomic E-state index is 0.108. The largest absolute Gasteiger partial charge is 0.348 e. The lowest BCUT2D eigenvalue weighted by Gasteiger charge is -2.07. The number of para-hydroxylation sites is 1. The van der Waals surface area contributed by atoms with Crippen molar-refractivity contribution in [3.8, 4) is 5.69 Å². The first-order valence-electron chi connectivity index (χ1n) is 8.44. The number of nitrogens with one attached hydrogen (secondary N) is 1. The predicted octanol–water partition coefficient (Wildman–Crippen LogP) is 2.94. The van der Waals surface area contributed by atoms with Gasteiger partial charge in [0.25, 0.3) is 5.91 Å². The first-order chi connectivity index (χ1) is 12.0. The van der Waals surface area contributed by atoms with Crippen molar-refractivity contribution >= 4 is 5.91 Å². The molecule has 1 aromatic carbocycles. The van der Waals surface area contributed by atoms with Gasteiger partial charge in [0, 0.05) is 30.5 Å². The molecule has 2 aromatic heterocycles. The molecule has 25 heavy (non-hydrogen) atoms. The number of nitrogens with zero attached hydrogens (tertiary/aromatic N) is 4. The smallest absolute Gasteiger partial charge is 0.255 e. The van der Waals surface area contributed by atoms with Crippen LogP contribution in [-0.2, 0) is 13.1 Å². The van der Waals surface area contributed by atoms with Crippen LogP contribution in [0.5, 0.6) is 0 Å². The zero-order chi connectivity index (χ0) is 18.0. The van der Waals surface area contributed by atoms with Crippen LogP contribution in [0.25, 0.3) is 5.69 Å². The van der Waals surface area contributed by atoms with Crippen molar-refractivity contribution in [2.24, 2.45) is 0 Å². The van der Waals surface area contributed by atoms with Gasteiger partial charge in [-0.25, -0.2) is 4.68 Å². The summed E-state index contributed by atoms with van der Waals surface area (Å²) in [5.41, 5.74) is 5.37. The van der Waals surface area contributed by atoms with Crippen LogP contribution in [0.4, 0.5) is 0 Å². The Morgan fingerprint density at radius 2 is 1.80 bits per heavy atom. The highest BCUT2D eigenvalue weighted by molar-refractivity contribution is 5.95. The molecule has 0 atom stereocenters. The van der Waals surface area contributed by atoms with Gasteiger partial charge in [-0.15, -0.1) is 0 Å². The Morgan fingerprint density at radius 1 is 1.08 bits per heavy atom. The summed E-state index contributed by atoms with van der Waals surface area (Å²) in [5.74, 6) is -0.108. The van der Waals surface area contributed by atoms with Gasteiger partial charge in [-0.05, 0) is 39.8 Å². The second-order valence-corrected chi connectivity index (χ2v) is 6.06. The van der Waals surface area contributed by atoms with Crippen LogP contribution < -0.4 is 5.32 Å². The Balaban J connectivity index is 1.78. The van der Waals surface area contributed by atoms with E-state index in [0.717, 1.165) is 34.9 Å². The molecule has 0 aliphatic heterocycles. The SMILES string of the molecule is CCn1cc(C(=O)NCc2c(C)nn(-c3ccccc3)c2C)c(C)n1. The van der Waals surface area contributed by atoms with Gasteiger partial charge < -0.3 is 5.32 Å². The van der Waals surface area contributed by atoms with Crippen LogP contribution in [0.3, 0.4) is 0 Å². The Kier molecular flexibility index (Phi) is 4.70. The monoisotopic (exact) mass is 337 g/mol. The number of carbonyl (C=O) groups excluding carboxylic acids is 1. The van der Waals surface area contributed by atoms with Crippen molar-refractivity contribution < 1.29 is 4.79 Å². The molecule has 0 fully saturated rings. The van der Waals surface area contributed by atoms with Crippen LogP contribution >= 0.6 is 0 Å². The number of aromatic nitrogens is 4. The van der Waals surface area contributed by atoms with Gasteiger partial charge in [0.15, 0.2) is 0 Å². The van der Waals surface area contributed by atoms with Gasteiger partial charge in [-0.1, -0.05) is 18.2 Å². The summed E-state index contributed by atoms with van der Waals surface area (Å²) in [6.45, 7) is 9.03. The van der Waals surface area contributed by atoms with E-state index in [9.17, 15) is 4.79 Å². The van der Waals surface area contributed by atoms with Gasteiger partial charge >= 0.3 is 0 Å². The number of benzene rings is 1. The molecule has 1 N–H and O–H groups in total. The fourth-order valence-corrected chi connectivity index (χ4v) is 2.92. The minimum Gasteiger partial charge on any atom is -0.348 e. The number of hydrogen-bond donors (Lipinski definition) is 1. The third kappa shape index (κ3) is 3.33. The van der Waals surface area contributed by atoms with E-state index in [4.69, 9.17) is 0 Å². The number of carbonyl (C=O) groups is 1. The molecule has 0 aliphatic carbocycles. The molecular weight excluding hydrogens is 314 g/mol. The highest BCUT2D eigenvalue weighted by Gasteiger charge is 2.16. The Bertz CT molecular complexity index is 892. The predicted molar refractivity (Wildman–Crippen MR) is 96.8 cm³/mol. The molecule has 0 saturated carbocycles. The van der Waals surface area contributed by atoms with Crippen LogP contribution in [0.1, 0.15) is 39.9 Å². The molecule has 3 rings (SSSR count). The van der Waals surface area contributed by atoms with Crippen LogP contribution in [0.2, 0.25) is 0 Å². The van der Waals surface area contributed by atoms with E-state index in [2.05, 4.69) is 15.5 Å². The molecule has 130 valence electrons. The van der Waals surface area contributed by atoms with Crippen molar-refractivity contribution in [1.82, 2.24) is 24.9 Å². The normalized spacial score (nSPS) is 10.9. The summed E-state index contributed by atoms with van der Waals surface area (Å²) in [4.78, 5) is 12.5. The van der Waals surface area contributed by atoms with Crippen LogP contribution in [-0.4, -0.2) is 25.5 Å². The van der Waals surface area contributed by atoms with E-state index in [0.29, 0.717) is 12.1 Å². The Labute approximate surface area is 147 Å². The fourth-order valence-electron chi connectivity index (χ4n) is 2.92. The maximum Gasteiger partial charge on any atom is 0.255 e. The maximum absolute atomic E-state index is 12.5. The summed E-state index contributed by atoms with van der Waals surface area (Å²) in [6.07, 6.45) is 1.79. The molecule has 1 amide bonds. The lowest BCUT2D eigenvalue weighted by molar-refractivity contribution is 0.0950. The zero-order valence-electron chi connectivity index (χ0n) is 15.1. The third-order valence-corrected chi connectivity index (χ3v) is 4.38. The standard InChI is InChI=1S/C19H23N5O/c1-5-23-12-18(14(3)21-23)19(25)20-11-17-13(2)22-24(15(17)4)16-9-7-6-8-10-16/h6-10,12H,5,11H2,1-4H3,(H,20,25). The quantitative estimate of drug-likeness (QED) is 0.778. The molecule has 0 aliphatic rings. The summed E-state index contributed by atoms with van der Waals surface area (Å²) < 4.78 is 3.69. The van der Waals surface area contributed by atoms with Crippen LogP contribution in [0.15, 0.2) is 36.5 Å². The number of aryl methyl sites for hydroxylation is 3. The van der Waals surface area contributed by atoms with Crippen molar-refractivity contribution in [1.29, 1.82) is 0 Å². The minimum atomic E-state index is -0.108. The summed E-state index contributed by atoms with van der Waals surface area (Å²) in [5, 5.41) is 11.9. The first kappa shape index (κ1) is 17.0. The van der Waals surface area contributed by atoms with Crippen LogP contribution in [0, 0.1) is 20.8 Å². The van der Waals surface area contributed by atoms with Gasteiger partial charge in [-0.3, -0.25) is 9.48 Å². The number of amides is 1. The number of hydrogen-bond acceptors (Lipinski definition) is 3. The lowest BCUT2D eigenvalue weighted by atomic mass is 10.2. The zero-order valence-corrected chi connectivity index (χ0v) is 15.1. The average molecular weight is 337 g/mol. The van der Waals surface area contributed by atoms with Gasteiger partial charge in [0.05, 0.1) is 22.6 Å². The molecule has 0 bridgehead atoms. The second kappa shape index (κ2) is 6.93. The van der Waals surface area contributed by atoms with E-state index in [1.54, 1.807) is 10.9 Å². The molecule has 0 unspecified atom stereocenters. The van der Waals surface area contributed by atoms with E-state index in [-0.39, 0.29) is 5.91 Å². The van der Waals surface area contributed by atoms with Crippen molar-refractivity contribution in [2.45, 2.75) is 40.8 Å². The average Bonchev–Trinajstić information content (AvgIpc) is 3.13. The first-order valence-corrected chi connectivity index (χ1v) is 8.44. The van der Waals surface area contributed by atoms with Crippen molar-refractivity contribution in [3.05, 3.63) is 64.7 Å². The molecule has 6 nitrogen and oxygen atoms in total. The molecule has 6 heteroatoms. The molecule has 3 aromatic rings. The highest BCUT2D eigenvalue weighted by atomic mass is 16.1. The van der Waals surface area contributed by atoms with Crippen molar-refractivity contribution in [3.63, 3.8) is 0 Å². The molecule has 0 saturated heterocycles. The van der Waals surface area contributed by atoms with E-state index in [1.165, 1.54) is 0 Å². The number of rotatable bonds is 5. The van der Waals surface area contributed by atoms with Gasteiger partial charge in [-0.2, -0.15) is 10.2 Å². The van der Waals surface area contributed by atoms with Crippen molar-refractivity contribution in [2.75, 3.05) is 0 Å². The topological polar surface area (TPSA) is 64.7 Å². The third-order valence-electron chi connectivity index (χ3n) is 4.38. The van der Waals surface area contributed by atoms with Gasteiger partial charge in [0.1, 0.15) is 0 Å². The summed E-state index contributed by atoms with van der Waals surface area (Å²) >= 11 is 0. The highest BCUT2D eigenvalue weighted by Crippen LogP contribution is 2.18. The van der Waals surface area contributed by atoms with E-state index < -0.39 is 0 Å². The molecule has 0 radical (unpaired) electrons. The summed E-state index contributed by atoms with van der Waals surface area (Å²) in [6, 6.07) is 9.99. The maximum atomic E-state index is 12.5. The Morgan fingerprint density at radius 3 is 2.44 bits per heavy atom. The molecular formula is C19H23N5O. The second-order valence-electron chi connectivity index (χ2n) is 6.06. The fraction of sp³-hybridized carbons (Fsp3) is 0.316. The van der Waals surface area contributed by atoms with E-state index in [1.807, 2.05) is 62.7 Å².